The molecule has 0 atom stereocenters. The molecule has 0 aliphatic carbocycles. The monoisotopic (exact) mass is 261 g/mol. The molecule has 0 N–H and O–H groups in total. The number of thioether (sulfide) groups is 1. The van der Waals surface area contributed by atoms with Crippen molar-refractivity contribution in [3.63, 3.8) is 0 Å². The van der Waals surface area contributed by atoms with Gasteiger partial charge < -0.3 is 9.30 Å². The Morgan fingerprint density at radius 3 is 2.83 bits per heavy atom. The number of methoxy groups -OCH3 is 1. The topological polar surface area (TPSA) is 31.2 Å². The van der Waals surface area contributed by atoms with E-state index < -0.39 is 0 Å². The standard InChI is InChI=1S/C14H15NO2S/c1-15-8-4-7-13(15)14(16)10-18-12-6-3-5-11(9-12)17-2/h3-9H,10H2,1-2H3. The molecule has 1 aromatic heterocycles. The summed E-state index contributed by atoms with van der Waals surface area (Å²) in [5.41, 5.74) is 0.741. The quantitative estimate of drug-likeness (QED) is 0.612. The first-order valence-corrected chi connectivity index (χ1v) is 6.60. The Labute approximate surface area is 111 Å². The zero-order chi connectivity index (χ0) is 13.0. The van der Waals surface area contributed by atoms with Gasteiger partial charge in [0.05, 0.1) is 18.6 Å². The maximum absolute atomic E-state index is 12.0. The lowest BCUT2D eigenvalue weighted by Gasteiger charge is -2.04. The highest BCUT2D eigenvalue weighted by atomic mass is 32.2. The van der Waals surface area contributed by atoms with Gasteiger partial charge in [0.25, 0.3) is 0 Å². The van der Waals surface area contributed by atoms with Crippen molar-refractivity contribution in [1.29, 1.82) is 0 Å². The van der Waals surface area contributed by atoms with E-state index in [1.807, 2.05) is 54.2 Å². The molecule has 0 saturated carbocycles. The van der Waals surface area contributed by atoms with Gasteiger partial charge in [-0.05, 0) is 30.3 Å². The number of ether oxygens (including phenoxy) is 1. The molecule has 0 aliphatic rings. The van der Waals surface area contributed by atoms with Gasteiger partial charge in [-0.2, -0.15) is 0 Å². The van der Waals surface area contributed by atoms with Crippen molar-refractivity contribution in [3.05, 3.63) is 48.3 Å². The Bertz CT molecular complexity index is 548. The minimum Gasteiger partial charge on any atom is -0.497 e. The van der Waals surface area contributed by atoms with Crippen molar-refractivity contribution in [3.8, 4) is 5.75 Å². The van der Waals surface area contributed by atoms with E-state index in [2.05, 4.69) is 0 Å². The van der Waals surface area contributed by atoms with Gasteiger partial charge in [0.2, 0.25) is 0 Å². The van der Waals surface area contributed by atoms with Crippen LogP contribution in [0, 0.1) is 0 Å². The number of aryl methyl sites for hydroxylation is 1. The van der Waals surface area contributed by atoms with E-state index in [9.17, 15) is 4.79 Å². The van der Waals surface area contributed by atoms with Crippen LogP contribution in [-0.4, -0.2) is 23.2 Å². The molecule has 0 fully saturated rings. The molecule has 0 spiro atoms. The van der Waals surface area contributed by atoms with Crippen LogP contribution < -0.4 is 4.74 Å². The molecule has 0 radical (unpaired) electrons. The second kappa shape index (κ2) is 5.78. The summed E-state index contributed by atoms with van der Waals surface area (Å²) in [5.74, 6) is 1.38. The van der Waals surface area contributed by atoms with Gasteiger partial charge >= 0.3 is 0 Å². The molecule has 2 rings (SSSR count). The molecule has 1 aromatic carbocycles. The van der Waals surface area contributed by atoms with E-state index in [-0.39, 0.29) is 5.78 Å². The van der Waals surface area contributed by atoms with Gasteiger partial charge in [0.1, 0.15) is 5.75 Å². The van der Waals surface area contributed by atoms with Gasteiger partial charge in [-0.1, -0.05) is 6.07 Å². The number of hydrogen-bond acceptors (Lipinski definition) is 3. The number of carbonyl (C=O) groups excluding carboxylic acids is 1. The molecule has 0 amide bonds. The molecule has 94 valence electrons. The Balaban J connectivity index is 1.99. The van der Waals surface area contributed by atoms with E-state index >= 15 is 0 Å². The highest BCUT2D eigenvalue weighted by Crippen LogP contribution is 2.23. The lowest BCUT2D eigenvalue weighted by atomic mass is 10.3. The van der Waals surface area contributed by atoms with E-state index in [1.54, 1.807) is 7.11 Å². The fourth-order valence-electron chi connectivity index (χ4n) is 1.66. The predicted octanol–water partition coefficient (Wildman–Crippen LogP) is 3.01. The van der Waals surface area contributed by atoms with E-state index in [1.165, 1.54) is 11.8 Å². The number of rotatable bonds is 5. The highest BCUT2D eigenvalue weighted by molar-refractivity contribution is 8.00. The molecule has 2 aromatic rings. The van der Waals surface area contributed by atoms with Crippen LogP contribution >= 0.6 is 11.8 Å². The van der Waals surface area contributed by atoms with Crippen molar-refractivity contribution in [1.82, 2.24) is 4.57 Å². The average Bonchev–Trinajstić information content (AvgIpc) is 2.82. The molecule has 0 saturated heterocycles. The Morgan fingerprint density at radius 1 is 1.33 bits per heavy atom. The van der Waals surface area contributed by atoms with Crippen LogP contribution in [0.2, 0.25) is 0 Å². The highest BCUT2D eigenvalue weighted by Gasteiger charge is 2.09. The molecule has 18 heavy (non-hydrogen) atoms. The van der Waals surface area contributed by atoms with Crippen LogP contribution in [0.15, 0.2) is 47.5 Å². The zero-order valence-corrected chi connectivity index (χ0v) is 11.2. The van der Waals surface area contributed by atoms with Crippen molar-refractivity contribution in [2.75, 3.05) is 12.9 Å². The van der Waals surface area contributed by atoms with Gasteiger partial charge in [-0.3, -0.25) is 4.79 Å². The van der Waals surface area contributed by atoms with Gasteiger partial charge in [0.15, 0.2) is 5.78 Å². The first kappa shape index (κ1) is 12.8. The van der Waals surface area contributed by atoms with E-state index in [4.69, 9.17) is 4.74 Å². The van der Waals surface area contributed by atoms with E-state index in [0.29, 0.717) is 5.75 Å². The summed E-state index contributed by atoms with van der Waals surface area (Å²) >= 11 is 1.52. The van der Waals surface area contributed by atoms with Gasteiger partial charge in [-0.15, -0.1) is 11.8 Å². The summed E-state index contributed by atoms with van der Waals surface area (Å²) < 4.78 is 6.99. The summed E-state index contributed by atoms with van der Waals surface area (Å²) in [6.07, 6.45) is 1.88. The number of carbonyl (C=O) groups is 1. The number of hydrogen-bond donors (Lipinski definition) is 0. The molecule has 0 unspecified atom stereocenters. The van der Waals surface area contributed by atoms with Crippen molar-refractivity contribution in [2.24, 2.45) is 7.05 Å². The van der Waals surface area contributed by atoms with Gasteiger partial charge in [0, 0.05) is 18.1 Å². The summed E-state index contributed by atoms with van der Waals surface area (Å²) in [6, 6.07) is 11.4. The number of aromatic nitrogens is 1. The van der Waals surface area contributed by atoms with Crippen LogP contribution in [0.4, 0.5) is 0 Å². The Morgan fingerprint density at radius 2 is 2.17 bits per heavy atom. The number of nitrogens with zero attached hydrogens (tertiary/aromatic N) is 1. The van der Waals surface area contributed by atoms with Crippen LogP contribution in [0.25, 0.3) is 0 Å². The van der Waals surface area contributed by atoms with Gasteiger partial charge in [-0.25, -0.2) is 0 Å². The average molecular weight is 261 g/mol. The third-order valence-corrected chi connectivity index (χ3v) is 3.63. The minimum absolute atomic E-state index is 0.135. The minimum atomic E-state index is 0.135. The third kappa shape index (κ3) is 2.96. The van der Waals surface area contributed by atoms with Crippen LogP contribution in [-0.2, 0) is 7.05 Å². The third-order valence-electron chi connectivity index (χ3n) is 2.64. The molecule has 1 heterocycles. The number of benzene rings is 1. The summed E-state index contributed by atoms with van der Waals surface area (Å²) in [5, 5.41) is 0. The molecule has 3 nitrogen and oxygen atoms in total. The molecular formula is C14H15NO2S. The zero-order valence-electron chi connectivity index (χ0n) is 10.4. The lowest BCUT2D eigenvalue weighted by Crippen LogP contribution is -2.07. The first-order chi connectivity index (χ1) is 8.70. The first-order valence-electron chi connectivity index (χ1n) is 5.62. The fraction of sp³-hybridized carbons (Fsp3) is 0.214. The number of ketones is 1. The maximum Gasteiger partial charge on any atom is 0.189 e. The van der Waals surface area contributed by atoms with Crippen molar-refractivity contribution < 1.29 is 9.53 Å². The molecular weight excluding hydrogens is 246 g/mol. The van der Waals surface area contributed by atoms with Crippen molar-refractivity contribution >= 4 is 17.5 Å². The molecule has 0 bridgehead atoms. The number of Topliss-reactive ketones (excluding diaryl/α,β-unsaturated/α-hetero) is 1. The summed E-state index contributed by atoms with van der Waals surface area (Å²) in [4.78, 5) is 13.0. The maximum atomic E-state index is 12.0. The SMILES string of the molecule is COc1cccc(SCC(=O)c2cccn2C)c1. The summed E-state index contributed by atoms with van der Waals surface area (Å²) in [7, 11) is 3.52. The largest absolute Gasteiger partial charge is 0.497 e. The van der Waals surface area contributed by atoms with Crippen LogP contribution in [0.5, 0.6) is 5.75 Å². The van der Waals surface area contributed by atoms with Crippen LogP contribution in [0.1, 0.15) is 10.5 Å². The normalized spacial score (nSPS) is 10.3. The summed E-state index contributed by atoms with van der Waals surface area (Å²) in [6.45, 7) is 0. The second-order valence-corrected chi connectivity index (χ2v) is 4.94. The van der Waals surface area contributed by atoms with Crippen molar-refractivity contribution in [2.45, 2.75) is 4.90 Å². The Hall–Kier alpha value is -1.68. The van der Waals surface area contributed by atoms with E-state index in [0.717, 1.165) is 16.3 Å². The molecule has 4 heteroatoms. The van der Waals surface area contributed by atoms with Crippen LogP contribution in [0.3, 0.4) is 0 Å². The molecule has 0 aliphatic heterocycles. The lowest BCUT2D eigenvalue weighted by molar-refractivity contribution is 0.101. The fourth-order valence-corrected chi connectivity index (χ4v) is 2.48. The smallest absolute Gasteiger partial charge is 0.189 e. The second-order valence-electron chi connectivity index (χ2n) is 3.90. The predicted molar refractivity (Wildman–Crippen MR) is 73.5 cm³/mol. The Kier molecular flexibility index (Phi) is 4.10.